The Morgan fingerprint density at radius 1 is 1.50 bits per heavy atom. The molecule has 0 aromatic carbocycles. The zero-order chi connectivity index (χ0) is 14.6. The summed E-state index contributed by atoms with van der Waals surface area (Å²) in [4.78, 5) is 14.3. The molecule has 1 fully saturated rings. The molecule has 1 heterocycles. The van der Waals surface area contributed by atoms with E-state index in [1.807, 2.05) is 0 Å². The lowest BCUT2D eigenvalue weighted by molar-refractivity contribution is 0.0895. The van der Waals surface area contributed by atoms with Gasteiger partial charge in [0, 0.05) is 18.6 Å². The Bertz CT molecular complexity index is 449. The van der Waals surface area contributed by atoms with Crippen LogP contribution in [0.1, 0.15) is 36.2 Å². The summed E-state index contributed by atoms with van der Waals surface area (Å²) in [5, 5.41) is 10.7. The fraction of sp³-hybridized carbons (Fsp3) is 0.769. The van der Waals surface area contributed by atoms with Crippen molar-refractivity contribution in [3.05, 3.63) is 11.9 Å². The Labute approximate surface area is 119 Å². The summed E-state index contributed by atoms with van der Waals surface area (Å²) in [6.45, 7) is 1.71. The highest BCUT2D eigenvalue weighted by atomic mass is 16.2. The second-order valence-electron chi connectivity index (χ2n) is 5.66. The molecule has 0 aliphatic heterocycles. The maximum Gasteiger partial charge on any atom is 0.273 e. The third kappa shape index (κ3) is 3.16. The number of carbonyl (C=O) groups excluding carboxylic acids is 1. The number of nitrogens with zero attached hydrogens (tertiary/aromatic N) is 4. The monoisotopic (exact) mass is 280 g/mol. The van der Waals surface area contributed by atoms with Gasteiger partial charge in [-0.3, -0.25) is 9.48 Å². The third-order valence-corrected chi connectivity index (χ3v) is 4.19. The van der Waals surface area contributed by atoms with Crippen molar-refractivity contribution < 1.29 is 4.79 Å². The van der Waals surface area contributed by atoms with Gasteiger partial charge in [0.2, 0.25) is 0 Å². The van der Waals surface area contributed by atoms with E-state index in [-0.39, 0.29) is 11.4 Å². The van der Waals surface area contributed by atoms with Gasteiger partial charge in [0.25, 0.3) is 5.91 Å². The highest BCUT2D eigenvalue weighted by Gasteiger charge is 2.36. The van der Waals surface area contributed by atoms with Gasteiger partial charge in [0.1, 0.15) is 0 Å². The van der Waals surface area contributed by atoms with E-state index in [4.69, 9.17) is 5.73 Å². The molecule has 1 aliphatic carbocycles. The molecule has 0 spiro atoms. The van der Waals surface area contributed by atoms with Crippen molar-refractivity contribution in [2.45, 2.75) is 37.8 Å². The van der Waals surface area contributed by atoms with Crippen molar-refractivity contribution in [3.8, 4) is 0 Å². The quantitative estimate of drug-likeness (QED) is 0.756. The zero-order valence-corrected chi connectivity index (χ0v) is 12.3. The standard InChI is InChI=1S/C13H24N6O/c1-18(2)13(5-3-4-6-13)10-15-12(20)11-9-19(8-7-14)17-16-11/h9H,3-8,10,14H2,1-2H3,(H,15,20). The SMILES string of the molecule is CN(C)C1(CNC(=O)c2cn(CCN)nn2)CCCC1. The average molecular weight is 280 g/mol. The van der Waals surface area contributed by atoms with Crippen molar-refractivity contribution in [2.24, 2.45) is 5.73 Å². The topological polar surface area (TPSA) is 89.1 Å². The summed E-state index contributed by atoms with van der Waals surface area (Å²) in [6, 6.07) is 0. The van der Waals surface area contributed by atoms with Crippen LogP contribution in [-0.2, 0) is 6.54 Å². The van der Waals surface area contributed by atoms with Crippen LogP contribution in [0.2, 0.25) is 0 Å². The summed E-state index contributed by atoms with van der Waals surface area (Å²) in [5.74, 6) is -0.165. The van der Waals surface area contributed by atoms with E-state index in [0.29, 0.717) is 25.3 Å². The van der Waals surface area contributed by atoms with Gasteiger partial charge in [-0.15, -0.1) is 5.10 Å². The summed E-state index contributed by atoms with van der Waals surface area (Å²) in [5.41, 5.74) is 5.88. The number of nitrogens with two attached hydrogens (primary N) is 1. The number of amides is 1. The van der Waals surface area contributed by atoms with Crippen LogP contribution in [0.3, 0.4) is 0 Å². The first-order chi connectivity index (χ1) is 9.57. The van der Waals surface area contributed by atoms with Crippen LogP contribution in [0, 0.1) is 0 Å². The maximum absolute atomic E-state index is 12.1. The fourth-order valence-electron chi connectivity index (χ4n) is 2.79. The second-order valence-corrected chi connectivity index (χ2v) is 5.66. The Morgan fingerprint density at radius 3 is 2.80 bits per heavy atom. The Hall–Kier alpha value is -1.47. The van der Waals surface area contributed by atoms with Crippen LogP contribution in [0.5, 0.6) is 0 Å². The molecule has 2 rings (SSSR count). The highest BCUT2D eigenvalue weighted by molar-refractivity contribution is 5.91. The minimum absolute atomic E-state index is 0.0862. The van der Waals surface area contributed by atoms with Crippen LogP contribution in [0.25, 0.3) is 0 Å². The van der Waals surface area contributed by atoms with E-state index in [1.165, 1.54) is 12.8 Å². The van der Waals surface area contributed by atoms with Crippen molar-refractivity contribution in [2.75, 3.05) is 27.2 Å². The molecule has 0 atom stereocenters. The first-order valence-electron chi connectivity index (χ1n) is 7.13. The predicted molar refractivity (Wildman–Crippen MR) is 76.3 cm³/mol. The van der Waals surface area contributed by atoms with E-state index >= 15 is 0 Å². The molecule has 3 N–H and O–H groups in total. The molecule has 0 radical (unpaired) electrons. The first kappa shape index (κ1) is 14.9. The fourth-order valence-corrected chi connectivity index (χ4v) is 2.79. The molecule has 1 amide bonds. The zero-order valence-electron chi connectivity index (χ0n) is 12.3. The van der Waals surface area contributed by atoms with Gasteiger partial charge in [0.15, 0.2) is 5.69 Å². The maximum atomic E-state index is 12.1. The van der Waals surface area contributed by atoms with Crippen LogP contribution in [-0.4, -0.2) is 58.5 Å². The summed E-state index contributed by atoms with van der Waals surface area (Å²) in [7, 11) is 4.16. The first-order valence-corrected chi connectivity index (χ1v) is 7.13. The Kier molecular flexibility index (Phi) is 4.72. The number of hydrogen-bond donors (Lipinski definition) is 2. The minimum atomic E-state index is -0.165. The van der Waals surface area contributed by atoms with E-state index in [9.17, 15) is 4.79 Å². The average Bonchev–Trinajstić information content (AvgIpc) is 3.06. The molecule has 1 saturated carbocycles. The summed E-state index contributed by atoms with van der Waals surface area (Å²) < 4.78 is 1.59. The number of hydrogen-bond acceptors (Lipinski definition) is 5. The van der Waals surface area contributed by atoms with E-state index in [2.05, 4.69) is 34.6 Å². The van der Waals surface area contributed by atoms with Gasteiger partial charge in [-0.25, -0.2) is 0 Å². The van der Waals surface area contributed by atoms with Crippen LogP contribution in [0.15, 0.2) is 6.20 Å². The van der Waals surface area contributed by atoms with Gasteiger partial charge in [-0.05, 0) is 26.9 Å². The number of aromatic nitrogens is 3. The molecule has 7 nitrogen and oxygen atoms in total. The molecule has 1 aromatic rings. The predicted octanol–water partition coefficient (Wildman–Crippen LogP) is -0.159. The molecule has 1 aromatic heterocycles. The molecule has 20 heavy (non-hydrogen) atoms. The highest BCUT2D eigenvalue weighted by Crippen LogP contribution is 2.33. The van der Waals surface area contributed by atoms with Crippen molar-refractivity contribution in [1.82, 2.24) is 25.2 Å². The summed E-state index contributed by atoms with van der Waals surface area (Å²) in [6.07, 6.45) is 6.33. The van der Waals surface area contributed by atoms with Gasteiger partial charge < -0.3 is 16.0 Å². The van der Waals surface area contributed by atoms with E-state index in [1.54, 1.807) is 10.9 Å². The van der Waals surface area contributed by atoms with Crippen LogP contribution >= 0.6 is 0 Å². The van der Waals surface area contributed by atoms with E-state index < -0.39 is 0 Å². The Morgan fingerprint density at radius 2 is 2.20 bits per heavy atom. The van der Waals surface area contributed by atoms with Crippen LogP contribution < -0.4 is 11.1 Å². The lowest BCUT2D eigenvalue weighted by atomic mass is 9.96. The molecular weight excluding hydrogens is 256 g/mol. The van der Waals surface area contributed by atoms with Crippen molar-refractivity contribution in [3.63, 3.8) is 0 Å². The molecule has 0 saturated heterocycles. The normalized spacial score (nSPS) is 17.6. The van der Waals surface area contributed by atoms with Crippen molar-refractivity contribution in [1.29, 1.82) is 0 Å². The second kappa shape index (κ2) is 6.32. The minimum Gasteiger partial charge on any atom is -0.349 e. The number of rotatable bonds is 6. The number of carbonyl (C=O) groups is 1. The van der Waals surface area contributed by atoms with E-state index in [0.717, 1.165) is 12.8 Å². The van der Waals surface area contributed by atoms with Crippen LogP contribution in [0.4, 0.5) is 0 Å². The van der Waals surface area contributed by atoms with Crippen molar-refractivity contribution >= 4 is 5.91 Å². The lowest BCUT2D eigenvalue weighted by Gasteiger charge is -2.36. The largest absolute Gasteiger partial charge is 0.349 e. The molecule has 0 unspecified atom stereocenters. The molecule has 112 valence electrons. The smallest absolute Gasteiger partial charge is 0.273 e. The molecule has 1 aliphatic rings. The van der Waals surface area contributed by atoms with Gasteiger partial charge >= 0.3 is 0 Å². The third-order valence-electron chi connectivity index (χ3n) is 4.19. The molecular formula is C13H24N6O. The molecule has 7 heteroatoms. The summed E-state index contributed by atoms with van der Waals surface area (Å²) >= 11 is 0. The molecule has 0 bridgehead atoms. The number of nitrogens with one attached hydrogen (secondary N) is 1. The lowest BCUT2D eigenvalue weighted by Crippen LogP contribution is -2.50. The van der Waals surface area contributed by atoms with Gasteiger partial charge in [-0.1, -0.05) is 18.1 Å². The van der Waals surface area contributed by atoms with Gasteiger partial charge in [0.05, 0.1) is 12.7 Å². The Balaban J connectivity index is 1.93. The van der Waals surface area contributed by atoms with Gasteiger partial charge in [-0.2, -0.15) is 0 Å². The number of likely N-dealkylation sites (N-methyl/N-ethyl adjacent to an activating group) is 1.